The third-order valence-electron chi connectivity index (χ3n) is 3.45. The number of rotatable bonds is 6. The van der Waals surface area contributed by atoms with E-state index in [-0.39, 0.29) is 6.10 Å². The van der Waals surface area contributed by atoms with E-state index in [1.807, 2.05) is 17.7 Å². The van der Waals surface area contributed by atoms with Crippen molar-refractivity contribution < 1.29 is 5.11 Å². The molecule has 2 rings (SSSR count). The summed E-state index contributed by atoms with van der Waals surface area (Å²) in [6.07, 6.45) is 6.34. The summed E-state index contributed by atoms with van der Waals surface area (Å²) in [5.74, 6) is 0. The first kappa shape index (κ1) is 14.5. The monoisotopic (exact) mass is 281 g/mol. The van der Waals surface area contributed by atoms with E-state index in [0.717, 1.165) is 57.1 Å². The van der Waals surface area contributed by atoms with E-state index in [1.54, 1.807) is 11.3 Å². The number of hydrogen-bond donors (Lipinski definition) is 1. The second-order valence-electron chi connectivity index (χ2n) is 4.98. The molecule has 1 aliphatic rings. The Balaban J connectivity index is 1.78. The van der Waals surface area contributed by atoms with Crippen LogP contribution < -0.4 is 4.90 Å². The fraction of sp³-hybridized carbons (Fsp3) is 0.643. The van der Waals surface area contributed by atoms with Crippen LogP contribution in [0.1, 0.15) is 19.3 Å². The number of anilines is 1. The van der Waals surface area contributed by atoms with E-state index in [9.17, 15) is 5.11 Å². The highest BCUT2D eigenvalue weighted by molar-refractivity contribution is 7.13. The van der Waals surface area contributed by atoms with Crippen molar-refractivity contribution in [2.24, 2.45) is 0 Å². The number of thiazole rings is 1. The minimum Gasteiger partial charge on any atom is -0.392 e. The van der Waals surface area contributed by atoms with Gasteiger partial charge in [-0.15, -0.1) is 17.9 Å². The van der Waals surface area contributed by atoms with Crippen molar-refractivity contribution in [3.8, 4) is 0 Å². The SMILES string of the molecule is C=CCC[C@@H](O)CN1CCCN(c2nccs2)CC1. The van der Waals surface area contributed by atoms with Gasteiger partial charge in [0, 0.05) is 37.8 Å². The number of aliphatic hydroxyl groups is 1. The predicted octanol–water partition coefficient (Wildman–Crippen LogP) is 1.98. The Morgan fingerprint density at radius 3 is 3.05 bits per heavy atom. The molecule has 2 heterocycles. The quantitative estimate of drug-likeness (QED) is 0.809. The minimum absolute atomic E-state index is 0.232. The first-order valence-corrected chi connectivity index (χ1v) is 7.83. The smallest absolute Gasteiger partial charge is 0.185 e. The maximum atomic E-state index is 9.96. The maximum absolute atomic E-state index is 9.96. The zero-order chi connectivity index (χ0) is 13.5. The third-order valence-corrected chi connectivity index (χ3v) is 4.28. The average Bonchev–Trinajstić information content (AvgIpc) is 2.84. The van der Waals surface area contributed by atoms with Gasteiger partial charge in [-0.2, -0.15) is 0 Å². The Labute approximate surface area is 119 Å². The Kier molecular flexibility index (Phi) is 5.82. The molecule has 1 atom stereocenters. The zero-order valence-electron chi connectivity index (χ0n) is 11.4. The molecule has 0 spiro atoms. The second kappa shape index (κ2) is 7.62. The fourth-order valence-electron chi connectivity index (χ4n) is 2.42. The summed E-state index contributed by atoms with van der Waals surface area (Å²) < 4.78 is 0. The first-order chi connectivity index (χ1) is 9.29. The molecule has 1 aromatic heterocycles. The Hall–Kier alpha value is -0.910. The van der Waals surface area contributed by atoms with Crippen LogP contribution in [0.2, 0.25) is 0 Å². The first-order valence-electron chi connectivity index (χ1n) is 6.95. The summed E-state index contributed by atoms with van der Waals surface area (Å²) in [7, 11) is 0. The predicted molar refractivity (Wildman–Crippen MR) is 80.8 cm³/mol. The molecule has 1 fully saturated rings. The number of β-amino-alcohol motifs (C(OH)–C–C–N with tert-alkyl or cyclic N) is 1. The normalized spacial score (nSPS) is 19.1. The van der Waals surface area contributed by atoms with Crippen LogP contribution in [0.15, 0.2) is 24.2 Å². The van der Waals surface area contributed by atoms with Crippen molar-refractivity contribution in [2.75, 3.05) is 37.6 Å². The molecule has 19 heavy (non-hydrogen) atoms. The van der Waals surface area contributed by atoms with E-state index in [0.29, 0.717) is 0 Å². The van der Waals surface area contributed by atoms with E-state index in [2.05, 4.69) is 21.4 Å². The molecule has 0 amide bonds. The third kappa shape index (κ3) is 4.60. The van der Waals surface area contributed by atoms with E-state index in [1.165, 1.54) is 0 Å². The number of aliphatic hydroxyl groups excluding tert-OH is 1. The standard InChI is InChI=1S/C14H23N3OS/c1-2-3-5-13(18)12-16-7-4-8-17(10-9-16)14-15-6-11-19-14/h2,6,11,13,18H,1,3-5,7-10,12H2/t13-/m1/s1. The van der Waals surface area contributed by atoms with Crippen molar-refractivity contribution in [1.82, 2.24) is 9.88 Å². The molecule has 0 radical (unpaired) electrons. The highest BCUT2D eigenvalue weighted by Crippen LogP contribution is 2.19. The van der Waals surface area contributed by atoms with Gasteiger partial charge in [0.1, 0.15) is 0 Å². The van der Waals surface area contributed by atoms with Crippen molar-refractivity contribution in [2.45, 2.75) is 25.4 Å². The summed E-state index contributed by atoms with van der Waals surface area (Å²) >= 11 is 1.70. The van der Waals surface area contributed by atoms with E-state index in [4.69, 9.17) is 0 Å². The van der Waals surface area contributed by atoms with Crippen molar-refractivity contribution in [1.29, 1.82) is 0 Å². The van der Waals surface area contributed by atoms with Gasteiger partial charge < -0.3 is 10.0 Å². The number of hydrogen-bond acceptors (Lipinski definition) is 5. The van der Waals surface area contributed by atoms with Gasteiger partial charge in [-0.05, 0) is 25.8 Å². The highest BCUT2D eigenvalue weighted by Gasteiger charge is 2.18. The number of nitrogens with zero attached hydrogens (tertiary/aromatic N) is 3. The van der Waals surface area contributed by atoms with Crippen molar-refractivity contribution in [3.63, 3.8) is 0 Å². The Morgan fingerprint density at radius 1 is 1.42 bits per heavy atom. The summed E-state index contributed by atoms with van der Waals surface area (Å²) in [6, 6.07) is 0. The van der Waals surface area contributed by atoms with Crippen LogP contribution in [0.25, 0.3) is 0 Å². The lowest BCUT2D eigenvalue weighted by Gasteiger charge is -2.23. The average molecular weight is 281 g/mol. The minimum atomic E-state index is -0.232. The number of aromatic nitrogens is 1. The number of allylic oxidation sites excluding steroid dienone is 1. The molecule has 4 nitrogen and oxygen atoms in total. The summed E-state index contributed by atoms with van der Waals surface area (Å²) in [5, 5.41) is 13.1. The second-order valence-corrected chi connectivity index (χ2v) is 5.85. The van der Waals surface area contributed by atoms with Gasteiger partial charge in [0.25, 0.3) is 0 Å². The fourth-order valence-corrected chi connectivity index (χ4v) is 3.11. The van der Waals surface area contributed by atoms with E-state index >= 15 is 0 Å². The largest absolute Gasteiger partial charge is 0.392 e. The molecule has 0 aromatic carbocycles. The molecule has 106 valence electrons. The van der Waals surface area contributed by atoms with Gasteiger partial charge in [-0.3, -0.25) is 4.90 Å². The Bertz CT molecular complexity index is 369. The van der Waals surface area contributed by atoms with Crippen LogP contribution in [0, 0.1) is 0 Å². The van der Waals surface area contributed by atoms with Crippen LogP contribution in [-0.4, -0.2) is 53.8 Å². The molecule has 0 bridgehead atoms. The van der Waals surface area contributed by atoms with Gasteiger partial charge in [0.15, 0.2) is 5.13 Å². The van der Waals surface area contributed by atoms with E-state index < -0.39 is 0 Å². The summed E-state index contributed by atoms with van der Waals surface area (Å²) in [6.45, 7) is 8.60. The van der Waals surface area contributed by atoms with Crippen molar-refractivity contribution in [3.05, 3.63) is 24.2 Å². The molecule has 0 saturated carbocycles. The molecule has 1 N–H and O–H groups in total. The van der Waals surface area contributed by atoms with Crippen LogP contribution >= 0.6 is 11.3 Å². The van der Waals surface area contributed by atoms with Gasteiger partial charge in [-0.1, -0.05) is 6.08 Å². The van der Waals surface area contributed by atoms with Crippen LogP contribution in [-0.2, 0) is 0 Å². The highest BCUT2D eigenvalue weighted by atomic mass is 32.1. The molecular weight excluding hydrogens is 258 g/mol. The molecule has 1 saturated heterocycles. The van der Waals surface area contributed by atoms with Crippen LogP contribution in [0.3, 0.4) is 0 Å². The lowest BCUT2D eigenvalue weighted by molar-refractivity contribution is 0.110. The zero-order valence-corrected chi connectivity index (χ0v) is 12.2. The summed E-state index contributed by atoms with van der Waals surface area (Å²) in [5.41, 5.74) is 0. The van der Waals surface area contributed by atoms with Crippen LogP contribution in [0.4, 0.5) is 5.13 Å². The van der Waals surface area contributed by atoms with Gasteiger partial charge >= 0.3 is 0 Å². The molecule has 0 unspecified atom stereocenters. The molecule has 5 heteroatoms. The van der Waals surface area contributed by atoms with Crippen LogP contribution in [0.5, 0.6) is 0 Å². The maximum Gasteiger partial charge on any atom is 0.185 e. The molecular formula is C14H23N3OS. The molecule has 0 aliphatic carbocycles. The topological polar surface area (TPSA) is 39.6 Å². The molecule has 1 aromatic rings. The van der Waals surface area contributed by atoms with Gasteiger partial charge in [0.2, 0.25) is 0 Å². The van der Waals surface area contributed by atoms with Gasteiger partial charge in [-0.25, -0.2) is 4.98 Å². The lowest BCUT2D eigenvalue weighted by Crippen LogP contribution is -2.35. The summed E-state index contributed by atoms with van der Waals surface area (Å²) in [4.78, 5) is 9.08. The molecule has 1 aliphatic heterocycles. The van der Waals surface area contributed by atoms with Gasteiger partial charge in [0.05, 0.1) is 6.10 Å². The van der Waals surface area contributed by atoms with Crippen molar-refractivity contribution >= 4 is 16.5 Å². The Morgan fingerprint density at radius 2 is 2.32 bits per heavy atom. The lowest BCUT2D eigenvalue weighted by atomic mass is 10.2.